The lowest BCUT2D eigenvalue weighted by atomic mass is 10.2. The summed E-state index contributed by atoms with van der Waals surface area (Å²) >= 11 is 0. The van der Waals surface area contributed by atoms with Gasteiger partial charge in [0.25, 0.3) is 0 Å². The second-order valence-electron chi connectivity index (χ2n) is 4.19. The maximum Gasteiger partial charge on any atom is 0.230 e. The molecular weight excluding hydrogens is 206 g/mol. The van der Waals surface area contributed by atoms with Crippen LogP contribution < -0.4 is 0 Å². The van der Waals surface area contributed by atoms with E-state index in [-0.39, 0.29) is 5.91 Å². The van der Waals surface area contributed by atoms with Crippen molar-refractivity contribution >= 4 is 5.91 Å². The number of hydrogen-bond acceptors (Lipinski definition) is 4. The molecule has 1 aromatic rings. The third-order valence-corrected chi connectivity index (χ3v) is 2.98. The monoisotopic (exact) mass is 223 g/mol. The molecule has 0 spiro atoms. The highest BCUT2D eigenvalue weighted by molar-refractivity contribution is 5.77. The number of likely N-dealkylation sites (tertiary alicyclic amines) is 1. The standard InChI is InChI=1S/C10H17N5O/c1-14-9(11-12-13-14)8-10(16)15-6-4-2-3-5-7-15/h2-8H2,1H3. The summed E-state index contributed by atoms with van der Waals surface area (Å²) in [5.41, 5.74) is 0. The minimum atomic E-state index is 0.139. The lowest BCUT2D eigenvalue weighted by Crippen LogP contribution is -2.33. The maximum atomic E-state index is 12.0. The predicted molar refractivity (Wildman–Crippen MR) is 57.6 cm³/mol. The van der Waals surface area contributed by atoms with Crippen LogP contribution in [-0.4, -0.2) is 44.1 Å². The van der Waals surface area contributed by atoms with Crippen molar-refractivity contribution in [3.63, 3.8) is 0 Å². The second kappa shape index (κ2) is 5.05. The number of hydrogen-bond donors (Lipinski definition) is 0. The van der Waals surface area contributed by atoms with Crippen LogP contribution >= 0.6 is 0 Å². The highest BCUT2D eigenvalue weighted by Crippen LogP contribution is 2.10. The quantitative estimate of drug-likeness (QED) is 0.716. The van der Waals surface area contributed by atoms with Gasteiger partial charge in [-0.1, -0.05) is 12.8 Å². The molecule has 0 saturated carbocycles. The van der Waals surface area contributed by atoms with E-state index in [1.807, 2.05) is 4.90 Å². The zero-order chi connectivity index (χ0) is 11.4. The molecule has 1 amide bonds. The van der Waals surface area contributed by atoms with Crippen LogP contribution in [0.15, 0.2) is 0 Å². The molecule has 1 aliphatic heterocycles. The molecule has 0 unspecified atom stereocenters. The van der Waals surface area contributed by atoms with Crippen molar-refractivity contribution < 1.29 is 4.79 Å². The fourth-order valence-corrected chi connectivity index (χ4v) is 1.96. The minimum Gasteiger partial charge on any atom is -0.342 e. The van der Waals surface area contributed by atoms with Gasteiger partial charge >= 0.3 is 0 Å². The van der Waals surface area contributed by atoms with E-state index in [4.69, 9.17) is 0 Å². The van der Waals surface area contributed by atoms with E-state index in [1.54, 1.807) is 11.7 Å². The van der Waals surface area contributed by atoms with E-state index in [0.717, 1.165) is 25.9 Å². The van der Waals surface area contributed by atoms with Gasteiger partial charge in [0.2, 0.25) is 5.91 Å². The van der Waals surface area contributed by atoms with E-state index in [1.165, 1.54) is 12.8 Å². The van der Waals surface area contributed by atoms with Crippen LogP contribution in [0.4, 0.5) is 0 Å². The molecule has 1 aromatic heterocycles. The van der Waals surface area contributed by atoms with Gasteiger partial charge in [0, 0.05) is 20.1 Å². The summed E-state index contributed by atoms with van der Waals surface area (Å²) in [4.78, 5) is 13.9. The van der Waals surface area contributed by atoms with Crippen molar-refractivity contribution in [3.8, 4) is 0 Å². The summed E-state index contributed by atoms with van der Waals surface area (Å²) in [6, 6.07) is 0. The van der Waals surface area contributed by atoms with Gasteiger partial charge in [-0.2, -0.15) is 0 Å². The fraction of sp³-hybridized carbons (Fsp3) is 0.800. The highest BCUT2D eigenvalue weighted by atomic mass is 16.2. The van der Waals surface area contributed by atoms with Crippen LogP contribution in [0, 0.1) is 0 Å². The molecule has 0 N–H and O–H groups in total. The van der Waals surface area contributed by atoms with Gasteiger partial charge in [-0.3, -0.25) is 4.79 Å². The lowest BCUT2D eigenvalue weighted by Gasteiger charge is -2.19. The van der Waals surface area contributed by atoms with E-state index < -0.39 is 0 Å². The van der Waals surface area contributed by atoms with Crippen LogP contribution in [0.25, 0.3) is 0 Å². The summed E-state index contributed by atoms with van der Waals surface area (Å²) in [5, 5.41) is 11.1. The largest absolute Gasteiger partial charge is 0.342 e. The van der Waals surface area contributed by atoms with Gasteiger partial charge in [0.05, 0.1) is 6.42 Å². The first-order valence-corrected chi connectivity index (χ1v) is 5.76. The predicted octanol–water partition coefficient (Wildman–Crippen LogP) is 0.155. The Morgan fingerprint density at radius 2 is 1.94 bits per heavy atom. The van der Waals surface area contributed by atoms with Gasteiger partial charge in [0.1, 0.15) is 0 Å². The van der Waals surface area contributed by atoms with Crippen LogP contribution in [0.1, 0.15) is 31.5 Å². The zero-order valence-electron chi connectivity index (χ0n) is 9.59. The summed E-state index contributed by atoms with van der Waals surface area (Å²) < 4.78 is 1.55. The van der Waals surface area contributed by atoms with E-state index in [9.17, 15) is 4.79 Å². The van der Waals surface area contributed by atoms with Crippen molar-refractivity contribution in [2.45, 2.75) is 32.1 Å². The van der Waals surface area contributed by atoms with Crippen molar-refractivity contribution in [1.82, 2.24) is 25.1 Å². The van der Waals surface area contributed by atoms with Crippen molar-refractivity contribution in [3.05, 3.63) is 5.82 Å². The summed E-state index contributed by atoms with van der Waals surface area (Å²) in [5.74, 6) is 0.772. The zero-order valence-corrected chi connectivity index (χ0v) is 9.59. The number of nitrogens with zero attached hydrogens (tertiary/aromatic N) is 5. The third kappa shape index (κ3) is 2.56. The number of tetrazole rings is 1. The van der Waals surface area contributed by atoms with Gasteiger partial charge in [-0.05, 0) is 23.3 Å². The number of rotatable bonds is 2. The number of amides is 1. The fourth-order valence-electron chi connectivity index (χ4n) is 1.96. The van der Waals surface area contributed by atoms with E-state index in [2.05, 4.69) is 15.5 Å². The average Bonchev–Trinajstić information content (AvgIpc) is 2.57. The molecule has 0 aliphatic carbocycles. The lowest BCUT2D eigenvalue weighted by molar-refractivity contribution is -0.130. The molecule has 6 heteroatoms. The molecule has 2 heterocycles. The first-order valence-electron chi connectivity index (χ1n) is 5.76. The van der Waals surface area contributed by atoms with Crippen molar-refractivity contribution in [2.75, 3.05) is 13.1 Å². The van der Waals surface area contributed by atoms with Crippen LogP contribution in [-0.2, 0) is 18.3 Å². The molecule has 0 bridgehead atoms. The van der Waals surface area contributed by atoms with Crippen molar-refractivity contribution in [2.24, 2.45) is 7.05 Å². The molecule has 6 nitrogen and oxygen atoms in total. The Kier molecular flexibility index (Phi) is 3.48. The Morgan fingerprint density at radius 1 is 1.25 bits per heavy atom. The molecule has 0 radical (unpaired) electrons. The van der Waals surface area contributed by atoms with Gasteiger partial charge in [-0.15, -0.1) is 5.10 Å². The minimum absolute atomic E-state index is 0.139. The smallest absolute Gasteiger partial charge is 0.230 e. The van der Waals surface area contributed by atoms with Crippen molar-refractivity contribution in [1.29, 1.82) is 0 Å². The molecule has 1 fully saturated rings. The molecular formula is C10H17N5O. The molecule has 1 aliphatic rings. The van der Waals surface area contributed by atoms with E-state index in [0.29, 0.717) is 12.2 Å². The first kappa shape index (κ1) is 11.0. The SMILES string of the molecule is Cn1nnnc1CC(=O)N1CCCCCC1. The maximum absolute atomic E-state index is 12.0. The molecule has 16 heavy (non-hydrogen) atoms. The first-order chi connectivity index (χ1) is 7.77. The normalized spacial score (nSPS) is 17.2. The summed E-state index contributed by atoms with van der Waals surface area (Å²) in [6.07, 6.45) is 5.00. The Morgan fingerprint density at radius 3 is 2.50 bits per heavy atom. The number of carbonyl (C=O) groups excluding carboxylic acids is 1. The molecule has 2 rings (SSSR count). The van der Waals surface area contributed by atoms with E-state index >= 15 is 0 Å². The molecule has 88 valence electrons. The molecule has 1 saturated heterocycles. The van der Waals surface area contributed by atoms with Gasteiger partial charge < -0.3 is 4.90 Å². The Labute approximate surface area is 94.6 Å². The van der Waals surface area contributed by atoms with Crippen LogP contribution in [0.2, 0.25) is 0 Å². The molecule has 0 aromatic carbocycles. The van der Waals surface area contributed by atoms with Crippen LogP contribution in [0.5, 0.6) is 0 Å². The highest BCUT2D eigenvalue weighted by Gasteiger charge is 2.17. The Hall–Kier alpha value is -1.46. The van der Waals surface area contributed by atoms with Gasteiger partial charge in [-0.25, -0.2) is 4.68 Å². The number of carbonyl (C=O) groups is 1. The summed E-state index contributed by atoms with van der Waals surface area (Å²) in [7, 11) is 1.75. The third-order valence-electron chi connectivity index (χ3n) is 2.98. The molecule has 0 atom stereocenters. The topological polar surface area (TPSA) is 63.9 Å². The second-order valence-corrected chi connectivity index (χ2v) is 4.19. The Balaban J connectivity index is 1.94. The van der Waals surface area contributed by atoms with Gasteiger partial charge in [0.15, 0.2) is 5.82 Å². The number of aryl methyl sites for hydroxylation is 1. The number of aromatic nitrogens is 4. The summed E-state index contributed by atoms with van der Waals surface area (Å²) in [6.45, 7) is 1.76. The van der Waals surface area contributed by atoms with Crippen LogP contribution in [0.3, 0.4) is 0 Å². The average molecular weight is 223 g/mol. The Bertz CT molecular complexity index is 354.